The van der Waals surface area contributed by atoms with Crippen LogP contribution in [-0.4, -0.2) is 72.7 Å². The number of esters is 3. The highest BCUT2D eigenvalue weighted by atomic mass is 16.7. The van der Waals surface area contributed by atoms with Gasteiger partial charge in [0.05, 0.1) is 6.67 Å². The van der Waals surface area contributed by atoms with Crippen LogP contribution < -0.4 is 15.5 Å². The van der Waals surface area contributed by atoms with Crippen LogP contribution in [0.5, 0.6) is 0 Å². The maximum Gasteiger partial charge on any atom is 0.303 e. The summed E-state index contributed by atoms with van der Waals surface area (Å²) in [4.78, 5) is 46.5. The van der Waals surface area contributed by atoms with Crippen molar-refractivity contribution in [1.29, 1.82) is 0 Å². The second kappa shape index (κ2) is 8.07. The molecular formula is C17H23N5O7. The van der Waals surface area contributed by atoms with Gasteiger partial charge in [0.2, 0.25) is 0 Å². The third-order valence-electron chi connectivity index (χ3n) is 4.50. The van der Waals surface area contributed by atoms with Crippen LogP contribution in [0.2, 0.25) is 0 Å². The van der Waals surface area contributed by atoms with Crippen LogP contribution in [0.15, 0.2) is 6.33 Å². The Morgan fingerprint density at radius 3 is 2.41 bits per heavy atom. The number of nitrogens with zero attached hydrogens (tertiary/aromatic N) is 4. The molecule has 3 rings (SSSR count). The van der Waals surface area contributed by atoms with Crippen molar-refractivity contribution >= 4 is 35.2 Å². The van der Waals surface area contributed by atoms with E-state index < -0.39 is 42.4 Å². The Morgan fingerprint density at radius 2 is 1.79 bits per heavy atom. The van der Waals surface area contributed by atoms with E-state index in [1.165, 1.54) is 27.1 Å². The predicted octanol–water partition coefficient (Wildman–Crippen LogP) is -0.576. The zero-order chi connectivity index (χ0) is 21.3. The van der Waals surface area contributed by atoms with Gasteiger partial charge in [-0.2, -0.15) is 0 Å². The summed E-state index contributed by atoms with van der Waals surface area (Å²) in [7, 11) is 1.80. The SMILES string of the molecule is CC(=O)OC[C@H]1O[C@@H](N2CN(C)c3c(N)ncnc32)[C@H](OC(C)=O)[C@@H]1OC(C)=O. The van der Waals surface area contributed by atoms with Gasteiger partial charge in [-0.15, -0.1) is 0 Å². The molecule has 0 radical (unpaired) electrons. The average Bonchev–Trinajstić information content (AvgIpc) is 3.11. The monoisotopic (exact) mass is 409 g/mol. The fraction of sp³-hybridized carbons (Fsp3) is 0.588. The number of aromatic nitrogens is 2. The normalized spacial score (nSPS) is 25.5. The Hall–Kier alpha value is -3.15. The molecular weight excluding hydrogens is 386 g/mol. The fourth-order valence-electron chi connectivity index (χ4n) is 3.47. The van der Waals surface area contributed by atoms with E-state index in [9.17, 15) is 14.4 Å². The number of ether oxygens (including phenoxy) is 4. The highest BCUT2D eigenvalue weighted by Gasteiger charge is 2.53. The molecule has 1 aromatic rings. The Bertz CT molecular complexity index is 819. The van der Waals surface area contributed by atoms with Gasteiger partial charge in [-0.25, -0.2) is 9.97 Å². The molecule has 0 amide bonds. The molecule has 3 heterocycles. The summed E-state index contributed by atoms with van der Waals surface area (Å²) < 4.78 is 21.9. The molecule has 158 valence electrons. The molecule has 12 heteroatoms. The number of nitrogens with two attached hydrogens (primary N) is 1. The number of rotatable bonds is 5. The van der Waals surface area contributed by atoms with Crippen LogP contribution in [-0.2, 0) is 33.3 Å². The van der Waals surface area contributed by atoms with Gasteiger partial charge in [-0.05, 0) is 0 Å². The molecule has 0 aromatic carbocycles. The molecule has 1 aromatic heterocycles. The molecule has 4 atom stereocenters. The lowest BCUT2D eigenvalue weighted by Crippen LogP contribution is -2.48. The number of carbonyl (C=O) groups excluding carboxylic acids is 3. The van der Waals surface area contributed by atoms with E-state index in [0.29, 0.717) is 18.2 Å². The second-order valence-electron chi connectivity index (χ2n) is 6.76. The van der Waals surface area contributed by atoms with E-state index in [1.807, 2.05) is 4.90 Å². The third kappa shape index (κ3) is 4.16. The van der Waals surface area contributed by atoms with Gasteiger partial charge in [0.1, 0.15) is 24.7 Å². The minimum atomic E-state index is -0.979. The van der Waals surface area contributed by atoms with Crippen molar-refractivity contribution in [1.82, 2.24) is 9.97 Å². The first-order valence-electron chi connectivity index (χ1n) is 8.90. The van der Waals surface area contributed by atoms with Crippen LogP contribution >= 0.6 is 0 Å². The zero-order valence-electron chi connectivity index (χ0n) is 16.5. The smallest absolute Gasteiger partial charge is 0.303 e. The van der Waals surface area contributed by atoms with Crippen molar-refractivity contribution in [2.75, 3.05) is 35.9 Å². The highest BCUT2D eigenvalue weighted by molar-refractivity contribution is 5.81. The zero-order valence-corrected chi connectivity index (χ0v) is 16.5. The molecule has 1 fully saturated rings. The Balaban J connectivity index is 1.96. The van der Waals surface area contributed by atoms with E-state index in [2.05, 4.69) is 9.97 Å². The summed E-state index contributed by atoms with van der Waals surface area (Å²) in [6.07, 6.45) is -2.34. The molecule has 0 spiro atoms. The molecule has 0 saturated carbocycles. The fourth-order valence-corrected chi connectivity index (χ4v) is 3.47. The van der Waals surface area contributed by atoms with Crippen LogP contribution in [0.4, 0.5) is 17.3 Å². The van der Waals surface area contributed by atoms with Crippen molar-refractivity contribution in [2.24, 2.45) is 0 Å². The predicted molar refractivity (Wildman–Crippen MR) is 98.6 cm³/mol. The minimum absolute atomic E-state index is 0.177. The van der Waals surface area contributed by atoms with E-state index in [4.69, 9.17) is 24.7 Å². The largest absolute Gasteiger partial charge is 0.463 e. The molecule has 12 nitrogen and oxygen atoms in total. The summed E-state index contributed by atoms with van der Waals surface area (Å²) in [5.41, 5.74) is 6.57. The van der Waals surface area contributed by atoms with E-state index >= 15 is 0 Å². The molecule has 2 aliphatic heterocycles. The molecule has 0 bridgehead atoms. The molecule has 0 aliphatic carbocycles. The maximum atomic E-state index is 11.8. The van der Waals surface area contributed by atoms with Gasteiger partial charge in [-0.3, -0.25) is 14.4 Å². The van der Waals surface area contributed by atoms with Crippen LogP contribution in [0.3, 0.4) is 0 Å². The van der Waals surface area contributed by atoms with E-state index in [-0.39, 0.29) is 12.4 Å². The summed E-state index contributed by atoms with van der Waals surface area (Å²) in [5.74, 6) is -0.917. The van der Waals surface area contributed by atoms with Gasteiger partial charge in [0.25, 0.3) is 0 Å². The van der Waals surface area contributed by atoms with Crippen molar-refractivity contribution in [3.63, 3.8) is 0 Å². The number of carbonyl (C=O) groups is 3. The average molecular weight is 409 g/mol. The van der Waals surface area contributed by atoms with Crippen LogP contribution in [0.25, 0.3) is 0 Å². The first kappa shape index (κ1) is 20.6. The first-order chi connectivity index (χ1) is 13.7. The molecule has 2 N–H and O–H groups in total. The lowest BCUT2D eigenvalue weighted by atomic mass is 10.1. The summed E-state index contributed by atoms with van der Waals surface area (Å²) in [6.45, 7) is 3.86. The third-order valence-corrected chi connectivity index (χ3v) is 4.50. The van der Waals surface area contributed by atoms with Gasteiger partial charge in [0, 0.05) is 27.8 Å². The molecule has 0 unspecified atom stereocenters. The second-order valence-corrected chi connectivity index (χ2v) is 6.76. The lowest BCUT2D eigenvalue weighted by Gasteiger charge is -2.29. The first-order valence-corrected chi connectivity index (χ1v) is 8.90. The topological polar surface area (TPSA) is 146 Å². The van der Waals surface area contributed by atoms with Crippen molar-refractivity contribution < 1.29 is 33.3 Å². The standard InChI is InChI=1S/C17H23N5O7/c1-8(23)26-5-11-13(27-9(2)24)14(28-10(3)25)17(29-11)22-7-21(4)12-15(18)19-6-20-16(12)22/h6,11,13-14,17H,5,7H2,1-4H3,(H2,18,19,20)/t11-,13-,14-,17-/m1/s1. The minimum Gasteiger partial charge on any atom is -0.463 e. The molecule has 29 heavy (non-hydrogen) atoms. The number of anilines is 3. The number of nitrogen functional groups attached to an aromatic ring is 1. The van der Waals surface area contributed by atoms with E-state index in [1.54, 1.807) is 11.9 Å². The number of hydrogen-bond acceptors (Lipinski definition) is 12. The van der Waals surface area contributed by atoms with E-state index in [0.717, 1.165) is 0 Å². The molecule has 1 saturated heterocycles. The van der Waals surface area contributed by atoms with Crippen LogP contribution in [0, 0.1) is 0 Å². The summed E-state index contributed by atoms with van der Waals surface area (Å²) >= 11 is 0. The van der Waals surface area contributed by atoms with Gasteiger partial charge >= 0.3 is 17.9 Å². The summed E-state index contributed by atoms with van der Waals surface area (Å²) in [6, 6.07) is 0. The van der Waals surface area contributed by atoms with Gasteiger partial charge in [-0.1, -0.05) is 0 Å². The van der Waals surface area contributed by atoms with Crippen LogP contribution in [0.1, 0.15) is 20.8 Å². The highest BCUT2D eigenvalue weighted by Crippen LogP contribution is 2.41. The van der Waals surface area contributed by atoms with Crippen molar-refractivity contribution in [2.45, 2.75) is 45.3 Å². The number of fused-ring (bicyclic) bond motifs is 1. The summed E-state index contributed by atoms with van der Waals surface area (Å²) in [5, 5.41) is 0. The van der Waals surface area contributed by atoms with Crippen molar-refractivity contribution in [3.8, 4) is 0 Å². The van der Waals surface area contributed by atoms with Gasteiger partial charge in [0.15, 0.2) is 30.1 Å². The Labute approximate surface area is 166 Å². The quantitative estimate of drug-likeness (QED) is 0.490. The Kier molecular flexibility index (Phi) is 5.73. The van der Waals surface area contributed by atoms with Crippen molar-refractivity contribution in [3.05, 3.63) is 6.33 Å². The Morgan fingerprint density at radius 1 is 1.14 bits per heavy atom. The number of hydrogen-bond donors (Lipinski definition) is 1. The maximum absolute atomic E-state index is 11.8. The lowest BCUT2D eigenvalue weighted by molar-refractivity contribution is -0.165. The van der Waals surface area contributed by atoms with Gasteiger partial charge < -0.3 is 34.5 Å². The molecule has 2 aliphatic rings.